The first-order chi connectivity index (χ1) is 15.7. The molecule has 4 rings (SSSR count). The third-order valence-corrected chi connectivity index (χ3v) is 7.68. The molecule has 0 bridgehead atoms. The second kappa shape index (κ2) is 8.92. The molecule has 0 amide bonds. The van der Waals surface area contributed by atoms with Gasteiger partial charge >= 0.3 is 0 Å². The van der Waals surface area contributed by atoms with Crippen LogP contribution in [-0.4, -0.2) is 25.1 Å². The smallest absolute Gasteiger partial charge is 0.206 e. The summed E-state index contributed by atoms with van der Waals surface area (Å²) in [5.41, 5.74) is 6.97. The lowest BCUT2D eigenvalue weighted by Gasteiger charge is -2.25. The Bertz CT molecular complexity index is 1320. The summed E-state index contributed by atoms with van der Waals surface area (Å²) in [4.78, 5) is 0.311. The summed E-state index contributed by atoms with van der Waals surface area (Å²) in [6.45, 7) is 1.92. The van der Waals surface area contributed by atoms with Crippen LogP contribution in [0.2, 0.25) is 5.02 Å². The number of ether oxygens (including phenoxy) is 1. The van der Waals surface area contributed by atoms with Gasteiger partial charge in [-0.2, -0.15) is 0 Å². The molecule has 0 radical (unpaired) electrons. The number of benzene rings is 3. The van der Waals surface area contributed by atoms with Gasteiger partial charge in [-0.15, -0.1) is 0 Å². The van der Waals surface area contributed by atoms with Crippen LogP contribution in [0.4, 0.5) is 0 Å². The van der Waals surface area contributed by atoms with E-state index in [4.69, 9.17) is 27.3 Å². The summed E-state index contributed by atoms with van der Waals surface area (Å²) in [7, 11) is -3.88. The molecule has 0 aromatic heterocycles. The van der Waals surface area contributed by atoms with Crippen LogP contribution in [0.15, 0.2) is 93.8 Å². The lowest BCUT2D eigenvalue weighted by molar-refractivity contribution is 0.0800. The van der Waals surface area contributed by atoms with Crippen molar-refractivity contribution in [2.75, 3.05) is 0 Å². The molecule has 33 heavy (non-hydrogen) atoms. The number of hydrogen-bond donors (Lipinski definition) is 2. The minimum Gasteiger partial charge on any atom is -0.485 e. The van der Waals surface area contributed by atoms with Gasteiger partial charge < -0.3 is 15.7 Å². The van der Waals surface area contributed by atoms with Gasteiger partial charge in [0, 0.05) is 29.0 Å². The summed E-state index contributed by atoms with van der Waals surface area (Å²) in [6.07, 6.45) is 0.760. The summed E-state index contributed by atoms with van der Waals surface area (Å²) in [6, 6.07) is 22.6. The number of nitrogens with zero attached hydrogens (tertiary/aromatic N) is 1. The van der Waals surface area contributed by atoms with Crippen LogP contribution in [0.25, 0.3) is 5.76 Å². The SMILES string of the molecule is CC1(Cc2ccccc2)CC(S(=O)(=O)c2ccc(/C(N)=N/O)cc2)=C(c2ccc(Cl)cc2)O1. The van der Waals surface area contributed by atoms with Crippen molar-refractivity contribution in [1.82, 2.24) is 0 Å². The molecular formula is C25H23ClN2O4S. The maximum absolute atomic E-state index is 13.7. The molecule has 1 aliphatic rings. The van der Waals surface area contributed by atoms with Crippen LogP contribution in [-0.2, 0) is 21.0 Å². The molecule has 0 aliphatic carbocycles. The van der Waals surface area contributed by atoms with E-state index < -0.39 is 15.4 Å². The summed E-state index contributed by atoms with van der Waals surface area (Å²) in [5.74, 6) is 0.227. The van der Waals surface area contributed by atoms with Crippen molar-refractivity contribution in [3.8, 4) is 0 Å². The number of sulfone groups is 1. The zero-order valence-electron chi connectivity index (χ0n) is 17.9. The molecule has 0 spiro atoms. The highest BCUT2D eigenvalue weighted by atomic mass is 35.5. The summed E-state index contributed by atoms with van der Waals surface area (Å²) >= 11 is 6.04. The molecule has 170 valence electrons. The van der Waals surface area contributed by atoms with E-state index in [9.17, 15) is 8.42 Å². The average Bonchev–Trinajstić information content (AvgIpc) is 3.17. The predicted octanol–water partition coefficient (Wildman–Crippen LogP) is 5.00. The molecule has 1 unspecified atom stereocenters. The number of nitrogens with two attached hydrogens (primary N) is 1. The number of halogens is 1. The van der Waals surface area contributed by atoms with Crippen LogP contribution in [0.5, 0.6) is 0 Å². The topological polar surface area (TPSA) is 102 Å². The van der Waals surface area contributed by atoms with E-state index in [0.717, 1.165) is 5.56 Å². The third kappa shape index (κ3) is 4.74. The zero-order chi connectivity index (χ0) is 23.6. The van der Waals surface area contributed by atoms with E-state index in [1.165, 1.54) is 24.3 Å². The summed E-state index contributed by atoms with van der Waals surface area (Å²) in [5, 5.41) is 12.4. The van der Waals surface area contributed by atoms with Crippen LogP contribution < -0.4 is 5.73 Å². The zero-order valence-corrected chi connectivity index (χ0v) is 19.5. The fourth-order valence-electron chi connectivity index (χ4n) is 3.93. The van der Waals surface area contributed by atoms with E-state index >= 15 is 0 Å². The number of hydrogen-bond acceptors (Lipinski definition) is 5. The van der Waals surface area contributed by atoms with Gasteiger partial charge in [0.05, 0.1) is 9.80 Å². The van der Waals surface area contributed by atoms with Crippen molar-refractivity contribution in [3.05, 3.63) is 105 Å². The monoisotopic (exact) mass is 482 g/mol. The van der Waals surface area contributed by atoms with Gasteiger partial charge in [-0.3, -0.25) is 0 Å². The van der Waals surface area contributed by atoms with Gasteiger partial charge in [-0.05, 0) is 61.0 Å². The Morgan fingerprint density at radius 2 is 1.70 bits per heavy atom. The minimum atomic E-state index is -3.88. The van der Waals surface area contributed by atoms with Crippen molar-refractivity contribution >= 4 is 33.0 Å². The second-order valence-electron chi connectivity index (χ2n) is 8.16. The molecule has 3 aromatic carbocycles. The highest BCUT2D eigenvalue weighted by molar-refractivity contribution is 7.95. The Labute approximate surface area is 197 Å². The lowest BCUT2D eigenvalue weighted by atomic mass is 9.94. The minimum absolute atomic E-state index is 0.0975. The molecular weight excluding hydrogens is 460 g/mol. The van der Waals surface area contributed by atoms with Crippen molar-refractivity contribution in [1.29, 1.82) is 0 Å². The average molecular weight is 483 g/mol. The maximum atomic E-state index is 13.7. The van der Waals surface area contributed by atoms with E-state index in [2.05, 4.69) is 5.16 Å². The highest BCUT2D eigenvalue weighted by Gasteiger charge is 2.43. The van der Waals surface area contributed by atoms with Gasteiger partial charge in [-0.25, -0.2) is 8.42 Å². The Kier molecular flexibility index (Phi) is 6.19. The molecule has 1 aliphatic heterocycles. The Hall–Kier alpha value is -3.29. The second-order valence-corrected chi connectivity index (χ2v) is 10.6. The molecule has 1 atom stereocenters. The summed E-state index contributed by atoms with van der Waals surface area (Å²) < 4.78 is 33.8. The Balaban J connectivity index is 1.76. The van der Waals surface area contributed by atoms with E-state index in [0.29, 0.717) is 28.3 Å². The number of oxime groups is 1. The molecule has 3 aromatic rings. The van der Waals surface area contributed by atoms with Crippen LogP contribution in [0.1, 0.15) is 30.0 Å². The maximum Gasteiger partial charge on any atom is 0.206 e. The molecule has 1 heterocycles. The van der Waals surface area contributed by atoms with Crippen LogP contribution in [0, 0.1) is 0 Å². The van der Waals surface area contributed by atoms with Crippen molar-refractivity contribution in [2.24, 2.45) is 10.9 Å². The van der Waals surface area contributed by atoms with Gasteiger partial charge in [0.15, 0.2) is 5.84 Å². The lowest BCUT2D eigenvalue weighted by Crippen LogP contribution is -2.27. The fraction of sp³-hybridized carbons (Fsp3) is 0.160. The van der Waals surface area contributed by atoms with Gasteiger partial charge in [0.25, 0.3) is 0 Å². The van der Waals surface area contributed by atoms with Gasteiger partial charge in [-0.1, -0.05) is 47.1 Å². The number of amidine groups is 1. The predicted molar refractivity (Wildman–Crippen MR) is 129 cm³/mol. The highest BCUT2D eigenvalue weighted by Crippen LogP contribution is 2.45. The van der Waals surface area contributed by atoms with Crippen LogP contribution >= 0.6 is 11.6 Å². The molecule has 3 N–H and O–H groups in total. The van der Waals surface area contributed by atoms with Crippen LogP contribution in [0.3, 0.4) is 0 Å². The largest absolute Gasteiger partial charge is 0.485 e. The van der Waals surface area contributed by atoms with Crippen molar-refractivity contribution in [2.45, 2.75) is 30.3 Å². The van der Waals surface area contributed by atoms with Crippen molar-refractivity contribution in [3.63, 3.8) is 0 Å². The molecule has 0 saturated heterocycles. The van der Waals surface area contributed by atoms with Crippen molar-refractivity contribution < 1.29 is 18.4 Å². The first kappa shape index (κ1) is 22.9. The first-order valence-electron chi connectivity index (χ1n) is 10.3. The van der Waals surface area contributed by atoms with E-state index in [1.807, 2.05) is 37.3 Å². The Morgan fingerprint density at radius 3 is 2.30 bits per heavy atom. The van der Waals surface area contributed by atoms with Gasteiger partial charge in [0.1, 0.15) is 11.4 Å². The molecule has 0 saturated carbocycles. The normalized spacial score (nSPS) is 18.9. The fourth-order valence-corrected chi connectivity index (χ4v) is 5.73. The van der Waals surface area contributed by atoms with E-state index in [1.54, 1.807) is 24.3 Å². The third-order valence-electron chi connectivity index (χ3n) is 5.56. The quantitative estimate of drug-likeness (QED) is 0.223. The standard InChI is InChI=1S/C25H23ClN2O4S/c1-25(15-17-5-3-2-4-6-17)16-22(23(32-25)18-7-11-20(26)12-8-18)33(30,31)21-13-9-19(10-14-21)24(27)28-29/h2-14,29H,15-16H2,1H3,(H2,27,28). The molecule has 0 fully saturated rings. The molecule has 6 nitrogen and oxygen atoms in total. The Morgan fingerprint density at radius 1 is 1.06 bits per heavy atom. The molecule has 8 heteroatoms. The first-order valence-corrected chi connectivity index (χ1v) is 12.1. The van der Waals surface area contributed by atoms with Gasteiger partial charge in [0.2, 0.25) is 9.84 Å². The number of rotatable bonds is 6. The van der Waals surface area contributed by atoms with E-state index in [-0.39, 0.29) is 22.1 Å².